The number of aromatic nitrogens is 1. The first kappa shape index (κ1) is 26.9. The molecule has 194 valence electrons. The van der Waals surface area contributed by atoms with Gasteiger partial charge in [-0.1, -0.05) is 52.7 Å². The van der Waals surface area contributed by atoms with Crippen molar-refractivity contribution in [2.24, 2.45) is 5.92 Å². The second-order valence-electron chi connectivity index (χ2n) is 10.4. The summed E-state index contributed by atoms with van der Waals surface area (Å²) in [6.45, 7) is 6.50. The maximum absolute atomic E-state index is 13.0. The smallest absolute Gasteiger partial charge is 0.410 e. The maximum Gasteiger partial charge on any atom is 0.410 e. The molecule has 0 spiro atoms. The fourth-order valence-corrected chi connectivity index (χ4v) is 6.10. The number of ether oxygens (including phenoxy) is 1. The molecule has 1 N–H and O–H groups in total. The van der Waals surface area contributed by atoms with Gasteiger partial charge in [-0.25, -0.2) is 9.78 Å². The molecule has 0 aliphatic heterocycles. The standard InChI is InChI=1S/C28H35BrN2O4S/c1-27(2,3)35-26(32)31(19-24-13-12-23(36-24)14-16-29)17-15-22-18-30-25(34-22)28(33,21-10-7-11-21)20-8-5-4-6-9-20/h4-6,8-9,12-13,18,21,33H,7,10-11,14-17,19H2,1-3H3. The fraction of sp³-hybridized carbons (Fsp3) is 0.500. The topological polar surface area (TPSA) is 75.8 Å². The van der Waals surface area contributed by atoms with Crippen LogP contribution in [0.2, 0.25) is 0 Å². The largest absolute Gasteiger partial charge is 0.444 e. The van der Waals surface area contributed by atoms with Crippen molar-refractivity contribution in [2.75, 3.05) is 11.9 Å². The van der Waals surface area contributed by atoms with E-state index in [0.29, 0.717) is 31.2 Å². The van der Waals surface area contributed by atoms with E-state index in [0.717, 1.165) is 41.5 Å². The lowest BCUT2D eigenvalue weighted by Gasteiger charge is -2.39. The Labute approximate surface area is 225 Å². The van der Waals surface area contributed by atoms with Gasteiger partial charge in [-0.2, -0.15) is 0 Å². The van der Waals surface area contributed by atoms with Crippen LogP contribution in [0.5, 0.6) is 0 Å². The second-order valence-corrected chi connectivity index (χ2v) is 12.4. The van der Waals surface area contributed by atoms with Gasteiger partial charge in [0.05, 0.1) is 12.7 Å². The van der Waals surface area contributed by atoms with Gasteiger partial charge >= 0.3 is 6.09 Å². The predicted molar refractivity (Wildman–Crippen MR) is 145 cm³/mol. The number of nitrogens with zero attached hydrogens (tertiary/aromatic N) is 2. The van der Waals surface area contributed by atoms with Crippen LogP contribution in [0.15, 0.2) is 53.1 Å². The molecule has 2 aromatic heterocycles. The average Bonchev–Trinajstić information content (AvgIpc) is 3.45. The van der Waals surface area contributed by atoms with E-state index in [4.69, 9.17) is 9.15 Å². The zero-order valence-electron chi connectivity index (χ0n) is 21.2. The number of aryl methyl sites for hydroxylation is 1. The van der Waals surface area contributed by atoms with Gasteiger partial charge in [0.25, 0.3) is 0 Å². The van der Waals surface area contributed by atoms with Gasteiger partial charge in [0.15, 0.2) is 5.60 Å². The van der Waals surface area contributed by atoms with E-state index in [2.05, 4.69) is 33.0 Å². The average molecular weight is 576 g/mol. The van der Waals surface area contributed by atoms with E-state index in [-0.39, 0.29) is 12.0 Å². The normalized spacial score (nSPS) is 15.8. The van der Waals surface area contributed by atoms with E-state index >= 15 is 0 Å². The molecule has 1 aliphatic rings. The van der Waals surface area contributed by atoms with Crippen LogP contribution < -0.4 is 0 Å². The maximum atomic E-state index is 13.0. The van der Waals surface area contributed by atoms with E-state index in [9.17, 15) is 9.90 Å². The lowest BCUT2D eigenvalue weighted by Crippen LogP contribution is -2.40. The summed E-state index contributed by atoms with van der Waals surface area (Å²) in [5.74, 6) is 1.05. The number of carbonyl (C=O) groups is 1. The predicted octanol–water partition coefficient (Wildman–Crippen LogP) is 6.69. The first-order valence-electron chi connectivity index (χ1n) is 12.5. The highest BCUT2D eigenvalue weighted by atomic mass is 79.9. The van der Waals surface area contributed by atoms with Gasteiger partial charge < -0.3 is 19.2 Å². The van der Waals surface area contributed by atoms with Crippen molar-refractivity contribution in [3.05, 3.63) is 75.6 Å². The van der Waals surface area contributed by atoms with Crippen molar-refractivity contribution in [3.63, 3.8) is 0 Å². The van der Waals surface area contributed by atoms with Crippen LogP contribution in [0.3, 0.4) is 0 Å². The summed E-state index contributed by atoms with van der Waals surface area (Å²) in [6.07, 6.45) is 5.73. The molecule has 8 heteroatoms. The Bertz CT molecular complexity index is 1140. The number of alkyl halides is 1. The number of hydrogen-bond donors (Lipinski definition) is 1. The molecule has 1 saturated carbocycles. The second kappa shape index (κ2) is 11.5. The summed E-state index contributed by atoms with van der Waals surface area (Å²) in [5.41, 5.74) is -1.03. The molecule has 36 heavy (non-hydrogen) atoms. The van der Waals surface area contributed by atoms with Crippen LogP contribution in [0.25, 0.3) is 0 Å². The molecular weight excluding hydrogens is 540 g/mol. The van der Waals surface area contributed by atoms with E-state index < -0.39 is 11.2 Å². The number of halogens is 1. The molecule has 6 nitrogen and oxygen atoms in total. The number of oxazole rings is 1. The lowest BCUT2D eigenvalue weighted by molar-refractivity contribution is -0.0414. The Hall–Kier alpha value is -2.16. The van der Waals surface area contributed by atoms with Crippen molar-refractivity contribution in [3.8, 4) is 0 Å². The Morgan fingerprint density at radius 1 is 1.17 bits per heavy atom. The molecule has 1 aliphatic carbocycles. The summed E-state index contributed by atoms with van der Waals surface area (Å²) >= 11 is 5.20. The minimum absolute atomic E-state index is 0.0807. The molecule has 1 amide bonds. The van der Waals surface area contributed by atoms with Crippen molar-refractivity contribution in [1.29, 1.82) is 0 Å². The minimum Gasteiger partial charge on any atom is -0.444 e. The molecule has 2 heterocycles. The van der Waals surface area contributed by atoms with E-state index in [1.165, 1.54) is 4.88 Å². The highest BCUT2D eigenvalue weighted by molar-refractivity contribution is 9.09. The molecule has 0 saturated heterocycles. The number of amides is 1. The molecule has 0 radical (unpaired) electrons. The van der Waals surface area contributed by atoms with Crippen molar-refractivity contribution in [1.82, 2.24) is 9.88 Å². The van der Waals surface area contributed by atoms with Gasteiger partial charge in [-0.15, -0.1) is 11.3 Å². The molecule has 4 rings (SSSR count). The number of benzene rings is 1. The van der Waals surface area contributed by atoms with Crippen LogP contribution in [-0.4, -0.2) is 38.6 Å². The quantitative estimate of drug-likeness (QED) is 0.273. The number of aliphatic hydroxyl groups is 1. The van der Waals surface area contributed by atoms with Crippen molar-refractivity contribution in [2.45, 2.75) is 70.6 Å². The summed E-state index contributed by atoms with van der Waals surface area (Å²) < 4.78 is 11.8. The zero-order valence-corrected chi connectivity index (χ0v) is 23.6. The monoisotopic (exact) mass is 574 g/mol. The SMILES string of the molecule is CC(C)(C)OC(=O)N(CCc1cnc(C(O)(c2ccccc2)C2CCC2)o1)Cc1ccc(CCBr)s1. The summed E-state index contributed by atoms with van der Waals surface area (Å²) in [5, 5.41) is 12.7. The van der Waals surface area contributed by atoms with Crippen LogP contribution in [-0.2, 0) is 29.7 Å². The molecule has 3 aromatic rings. The highest BCUT2D eigenvalue weighted by Gasteiger charge is 2.46. The first-order valence-corrected chi connectivity index (χ1v) is 14.5. The van der Waals surface area contributed by atoms with E-state index in [1.54, 1.807) is 22.4 Å². The number of carbonyl (C=O) groups excluding carboxylic acids is 1. The molecular formula is C28H35BrN2O4S. The Morgan fingerprint density at radius 2 is 1.89 bits per heavy atom. The van der Waals surface area contributed by atoms with Crippen LogP contribution >= 0.6 is 27.3 Å². The number of thiophene rings is 1. The Balaban J connectivity index is 1.50. The minimum atomic E-state index is -1.24. The van der Waals surface area contributed by atoms with Crippen molar-refractivity contribution < 1.29 is 19.1 Å². The Morgan fingerprint density at radius 3 is 2.53 bits per heavy atom. The summed E-state index contributed by atoms with van der Waals surface area (Å²) in [4.78, 5) is 21.6. The number of hydrogen-bond acceptors (Lipinski definition) is 6. The van der Waals surface area contributed by atoms with Crippen LogP contribution in [0.1, 0.15) is 67.0 Å². The van der Waals surface area contributed by atoms with Gasteiger partial charge in [0, 0.05) is 34.0 Å². The van der Waals surface area contributed by atoms with Gasteiger partial charge in [-0.05, 0) is 57.7 Å². The third kappa shape index (κ3) is 6.39. The third-order valence-corrected chi connectivity index (χ3v) is 8.00. The van der Waals surface area contributed by atoms with Crippen LogP contribution in [0, 0.1) is 5.92 Å². The van der Waals surface area contributed by atoms with Gasteiger partial charge in [0.2, 0.25) is 5.89 Å². The molecule has 0 bridgehead atoms. The summed E-state index contributed by atoms with van der Waals surface area (Å²) in [6, 6.07) is 13.8. The van der Waals surface area contributed by atoms with E-state index in [1.807, 2.05) is 51.1 Å². The van der Waals surface area contributed by atoms with Crippen LogP contribution in [0.4, 0.5) is 4.79 Å². The fourth-order valence-electron chi connectivity index (χ4n) is 4.38. The van der Waals surface area contributed by atoms with Gasteiger partial charge in [-0.3, -0.25) is 0 Å². The lowest BCUT2D eigenvalue weighted by atomic mass is 9.69. The zero-order chi connectivity index (χ0) is 25.8. The highest BCUT2D eigenvalue weighted by Crippen LogP contribution is 2.46. The summed E-state index contributed by atoms with van der Waals surface area (Å²) in [7, 11) is 0. The number of rotatable bonds is 10. The Kier molecular flexibility index (Phi) is 8.58. The first-order chi connectivity index (χ1) is 17.2. The molecule has 1 atom stereocenters. The third-order valence-electron chi connectivity index (χ3n) is 6.47. The molecule has 1 unspecified atom stereocenters. The molecule has 1 aromatic carbocycles. The molecule has 1 fully saturated rings. The van der Waals surface area contributed by atoms with Crippen molar-refractivity contribution >= 4 is 33.4 Å². The van der Waals surface area contributed by atoms with Gasteiger partial charge in [0.1, 0.15) is 11.4 Å².